The molecule has 0 spiro atoms. The molecule has 1 aromatic carbocycles. The highest BCUT2D eigenvalue weighted by molar-refractivity contribution is 6.33. The Balaban J connectivity index is 1.60. The van der Waals surface area contributed by atoms with Crippen LogP contribution in [-0.2, 0) is 0 Å². The Bertz CT molecular complexity index is 1490. The molecule has 0 saturated carbocycles. The summed E-state index contributed by atoms with van der Waals surface area (Å²) >= 11 is 6.31. The molecular formula is C21H17ClN8O. The monoisotopic (exact) mass is 432 g/mol. The number of benzene rings is 1. The van der Waals surface area contributed by atoms with Crippen LogP contribution in [0.2, 0.25) is 5.02 Å². The fourth-order valence-corrected chi connectivity index (χ4v) is 4.56. The smallest absolute Gasteiger partial charge is 0.284 e. The van der Waals surface area contributed by atoms with E-state index in [1.807, 2.05) is 30.3 Å². The molecule has 0 radical (unpaired) electrons. The molecule has 0 aliphatic carbocycles. The summed E-state index contributed by atoms with van der Waals surface area (Å²) in [5.74, 6) is 1.62. The summed E-state index contributed by atoms with van der Waals surface area (Å²) in [5.41, 5.74) is 2.25. The molecule has 1 fully saturated rings. The first kappa shape index (κ1) is 18.1. The number of hydrogen-bond donors (Lipinski definition) is 1. The van der Waals surface area contributed by atoms with Crippen LogP contribution >= 0.6 is 11.6 Å². The van der Waals surface area contributed by atoms with E-state index in [4.69, 9.17) is 16.7 Å². The number of H-pyrrole nitrogens is 1. The number of rotatable bonds is 3. The number of hydrogen-bond acceptors (Lipinski definition) is 6. The van der Waals surface area contributed by atoms with Gasteiger partial charge in [0.05, 0.1) is 23.1 Å². The second kappa shape index (κ2) is 6.64. The number of nitrogens with one attached hydrogen (secondary N) is 1. The lowest BCUT2D eigenvalue weighted by molar-refractivity contribution is 0.301. The van der Waals surface area contributed by atoms with Crippen molar-refractivity contribution >= 4 is 34.1 Å². The van der Waals surface area contributed by atoms with E-state index in [0.717, 1.165) is 23.6 Å². The molecule has 9 nitrogen and oxygen atoms in total. The molecule has 1 aliphatic rings. The van der Waals surface area contributed by atoms with Crippen LogP contribution in [0.1, 0.15) is 18.8 Å². The summed E-state index contributed by atoms with van der Waals surface area (Å²) < 4.78 is 3.22. The van der Waals surface area contributed by atoms with Crippen molar-refractivity contribution in [3.8, 4) is 5.69 Å². The van der Waals surface area contributed by atoms with Crippen LogP contribution in [0.25, 0.3) is 22.4 Å². The van der Waals surface area contributed by atoms with Crippen molar-refractivity contribution in [2.75, 3.05) is 11.4 Å². The van der Waals surface area contributed by atoms with Gasteiger partial charge in [-0.2, -0.15) is 5.10 Å². The van der Waals surface area contributed by atoms with Gasteiger partial charge >= 0.3 is 0 Å². The number of aromatic amines is 1. The zero-order valence-electron chi connectivity index (χ0n) is 16.5. The normalized spacial score (nSPS) is 18.6. The van der Waals surface area contributed by atoms with E-state index in [0.29, 0.717) is 22.0 Å². The fourth-order valence-electron chi connectivity index (χ4n) is 4.34. The van der Waals surface area contributed by atoms with E-state index in [1.54, 1.807) is 27.7 Å². The van der Waals surface area contributed by atoms with E-state index in [1.165, 1.54) is 6.33 Å². The molecule has 6 rings (SSSR count). The molecule has 10 heteroatoms. The Kier molecular flexibility index (Phi) is 3.87. The van der Waals surface area contributed by atoms with E-state index < -0.39 is 0 Å². The second-order valence-electron chi connectivity index (χ2n) is 7.66. The highest BCUT2D eigenvalue weighted by atomic mass is 35.5. The summed E-state index contributed by atoms with van der Waals surface area (Å²) in [4.78, 5) is 31.8. The van der Waals surface area contributed by atoms with Crippen LogP contribution < -0.4 is 10.5 Å². The fraction of sp³-hybridized carbons (Fsp3) is 0.190. The average Bonchev–Trinajstić information content (AvgIpc) is 3.39. The summed E-state index contributed by atoms with van der Waals surface area (Å²) in [6, 6.07) is 11.0. The van der Waals surface area contributed by atoms with Crippen molar-refractivity contribution in [1.82, 2.24) is 34.1 Å². The van der Waals surface area contributed by atoms with Gasteiger partial charge in [-0.3, -0.25) is 9.36 Å². The van der Waals surface area contributed by atoms with E-state index in [9.17, 15) is 4.79 Å². The SMILES string of the molecule is CC1CN(c2ncnc3nc[nH]c23)C1c1nn2ccc(Cl)c2c(=O)n1-c1ccccc1. The Morgan fingerprint density at radius 1 is 1.13 bits per heavy atom. The highest BCUT2D eigenvalue weighted by Crippen LogP contribution is 2.42. The van der Waals surface area contributed by atoms with Gasteiger partial charge in [0.2, 0.25) is 0 Å². The van der Waals surface area contributed by atoms with Gasteiger partial charge in [0.15, 0.2) is 17.3 Å². The molecule has 1 N–H and O–H groups in total. The molecule has 1 saturated heterocycles. The lowest BCUT2D eigenvalue weighted by Gasteiger charge is -2.47. The van der Waals surface area contributed by atoms with Gasteiger partial charge in [0, 0.05) is 18.7 Å². The Morgan fingerprint density at radius 2 is 1.97 bits per heavy atom. The number of aromatic nitrogens is 7. The standard InChI is InChI=1S/C21H17ClN8O/c1-12-9-28(19-15-18(24-10-23-15)25-11-26-19)16(12)20-27-29-8-7-14(22)17(29)21(31)30(20)13-5-3-2-4-6-13/h2-8,10-12,16H,9H2,1H3,(H,23,24,25,26). The van der Waals surface area contributed by atoms with Crippen LogP contribution in [0.5, 0.6) is 0 Å². The molecule has 1 aliphatic heterocycles. The third-order valence-electron chi connectivity index (χ3n) is 5.78. The lowest BCUT2D eigenvalue weighted by atomic mass is 9.89. The van der Waals surface area contributed by atoms with Crippen LogP contribution in [0, 0.1) is 5.92 Å². The van der Waals surface area contributed by atoms with Crippen LogP contribution in [0.15, 0.2) is 60.0 Å². The molecule has 0 bridgehead atoms. The van der Waals surface area contributed by atoms with Crippen molar-refractivity contribution in [1.29, 1.82) is 0 Å². The maximum absolute atomic E-state index is 13.6. The molecule has 154 valence electrons. The zero-order valence-corrected chi connectivity index (χ0v) is 17.2. The summed E-state index contributed by atoms with van der Waals surface area (Å²) in [6.45, 7) is 2.91. The molecule has 2 unspecified atom stereocenters. The minimum absolute atomic E-state index is 0.167. The third-order valence-corrected chi connectivity index (χ3v) is 6.08. The van der Waals surface area contributed by atoms with E-state index >= 15 is 0 Å². The van der Waals surface area contributed by atoms with Crippen molar-refractivity contribution in [3.05, 3.63) is 76.5 Å². The second-order valence-corrected chi connectivity index (χ2v) is 8.07. The molecule has 5 aromatic rings. The van der Waals surface area contributed by atoms with Crippen molar-refractivity contribution in [3.63, 3.8) is 0 Å². The Hall–Kier alpha value is -3.72. The topological polar surface area (TPSA) is 97.0 Å². The van der Waals surface area contributed by atoms with Crippen molar-refractivity contribution in [2.24, 2.45) is 5.92 Å². The van der Waals surface area contributed by atoms with Crippen LogP contribution in [0.4, 0.5) is 5.82 Å². The number of halogens is 1. The molecule has 0 amide bonds. The van der Waals surface area contributed by atoms with Crippen molar-refractivity contribution in [2.45, 2.75) is 13.0 Å². The lowest BCUT2D eigenvalue weighted by Crippen LogP contribution is -2.51. The average molecular weight is 433 g/mol. The molecule has 2 atom stereocenters. The number of fused-ring (bicyclic) bond motifs is 2. The summed E-state index contributed by atoms with van der Waals surface area (Å²) in [6.07, 6.45) is 4.82. The first-order valence-electron chi connectivity index (χ1n) is 9.89. The molecule has 31 heavy (non-hydrogen) atoms. The van der Waals surface area contributed by atoms with Gasteiger partial charge in [0.25, 0.3) is 5.56 Å². The minimum atomic E-state index is -0.209. The number of imidazole rings is 1. The third kappa shape index (κ3) is 2.59. The van der Waals surface area contributed by atoms with Gasteiger partial charge in [-0.1, -0.05) is 36.7 Å². The quantitative estimate of drug-likeness (QED) is 0.470. The van der Waals surface area contributed by atoms with Crippen molar-refractivity contribution < 1.29 is 0 Å². The molecule has 4 aromatic heterocycles. The first-order valence-corrected chi connectivity index (χ1v) is 10.3. The predicted molar refractivity (Wildman–Crippen MR) is 117 cm³/mol. The first-order chi connectivity index (χ1) is 15.1. The Labute approximate surface area is 181 Å². The van der Waals surface area contributed by atoms with Crippen LogP contribution in [0.3, 0.4) is 0 Å². The van der Waals surface area contributed by atoms with Gasteiger partial charge in [-0.05, 0) is 18.2 Å². The zero-order chi connectivity index (χ0) is 21.1. The maximum atomic E-state index is 13.6. The van der Waals surface area contributed by atoms with Gasteiger partial charge in [-0.25, -0.2) is 19.5 Å². The number of nitrogens with zero attached hydrogens (tertiary/aromatic N) is 7. The minimum Gasteiger partial charge on any atom is -0.344 e. The van der Waals surface area contributed by atoms with E-state index in [2.05, 4.69) is 31.8 Å². The highest BCUT2D eigenvalue weighted by Gasteiger charge is 2.42. The van der Waals surface area contributed by atoms with Gasteiger partial charge < -0.3 is 9.88 Å². The largest absolute Gasteiger partial charge is 0.344 e. The molecular weight excluding hydrogens is 416 g/mol. The number of para-hydroxylation sites is 1. The summed E-state index contributed by atoms with van der Waals surface area (Å²) in [5, 5.41) is 5.21. The summed E-state index contributed by atoms with van der Waals surface area (Å²) in [7, 11) is 0. The Morgan fingerprint density at radius 3 is 2.77 bits per heavy atom. The van der Waals surface area contributed by atoms with Gasteiger partial charge in [0.1, 0.15) is 17.4 Å². The molecule has 5 heterocycles. The number of anilines is 1. The van der Waals surface area contributed by atoms with Gasteiger partial charge in [-0.15, -0.1) is 0 Å². The maximum Gasteiger partial charge on any atom is 0.284 e. The predicted octanol–water partition coefficient (Wildman–Crippen LogP) is 3.00. The van der Waals surface area contributed by atoms with E-state index in [-0.39, 0.29) is 17.5 Å². The van der Waals surface area contributed by atoms with Crippen LogP contribution in [-0.4, -0.2) is 40.7 Å².